The molecule has 2 aliphatic rings. The minimum absolute atomic E-state index is 0.236. The lowest BCUT2D eigenvalue weighted by atomic mass is 10.1. The molecule has 0 saturated carbocycles. The Labute approximate surface area is 246 Å². The maximum Gasteiger partial charge on any atom is 0.410 e. The third-order valence-corrected chi connectivity index (χ3v) is 7.26. The summed E-state index contributed by atoms with van der Waals surface area (Å²) < 4.78 is 15.2. The molecule has 2 aromatic heterocycles. The van der Waals surface area contributed by atoms with Crippen LogP contribution in [0, 0.1) is 0 Å². The van der Waals surface area contributed by atoms with Crippen LogP contribution in [0.2, 0.25) is 0 Å². The van der Waals surface area contributed by atoms with Crippen LogP contribution in [0.25, 0.3) is 21.8 Å². The Hall–Kier alpha value is -4.27. The first-order chi connectivity index (χ1) is 19.8. The fourth-order valence-electron chi connectivity index (χ4n) is 5.51. The average Bonchev–Trinajstić information content (AvgIpc) is 3.35. The fourth-order valence-corrected chi connectivity index (χ4v) is 5.51. The van der Waals surface area contributed by atoms with Crippen molar-refractivity contribution >= 4 is 40.3 Å². The lowest BCUT2D eigenvalue weighted by Gasteiger charge is -2.26. The first-order valence-electron chi connectivity index (χ1n) is 14.4. The molecule has 0 unspecified atom stereocenters. The summed E-state index contributed by atoms with van der Waals surface area (Å²) in [5.41, 5.74) is 4.22. The molecule has 0 fully saturated rings. The topological polar surface area (TPSA) is 86.0 Å². The predicted octanol–water partition coefficient (Wildman–Crippen LogP) is 6.60. The molecule has 9 heteroatoms. The van der Waals surface area contributed by atoms with Gasteiger partial charge in [-0.3, -0.25) is 4.79 Å². The Morgan fingerprint density at radius 2 is 1.26 bits per heavy atom. The summed E-state index contributed by atoms with van der Waals surface area (Å²) in [5, 5.41) is 2.17. The van der Waals surface area contributed by atoms with Crippen LogP contribution in [0.15, 0.2) is 54.9 Å². The van der Waals surface area contributed by atoms with Crippen molar-refractivity contribution in [2.75, 3.05) is 13.1 Å². The van der Waals surface area contributed by atoms with Gasteiger partial charge in [0.15, 0.2) is 6.29 Å². The van der Waals surface area contributed by atoms with Crippen LogP contribution >= 0.6 is 0 Å². The molecular weight excluding hydrogens is 532 g/mol. The molecule has 0 atom stereocenters. The average molecular weight is 573 g/mol. The Morgan fingerprint density at radius 3 is 1.83 bits per heavy atom. The summed E-state index contributed by atoms with van der Waals surface area (Å²) in [4.78, 5) is 39.3. The molecule has 42 heavy (non-hydrogen) atoms. The van der Waals surface area contributed by atoms with Gasteiger partial charge in [-0.2, -0.15) is 0 Å². The zero-order chi connectivity index (χ0) is 30.2. The van der Waals surface area contributed by atoms with Crippen LogP contribution in [0.4, 0.5) is 9.59 Å². The van der Waals surface area contributed by atoms with Gasteiger partial charge in [-0.05, 0) is 64.1 Å². The molecule has 0 bridgehead atoms. The van der Waals surface area contributed by atoms with Crippen molar-refractivity contribution in [1.29, 1.82) is 0 Å². The summed E-state index contributed by atoms with van der Waals surface area (Å²) in [6, 6.07) is 14.2. The monoisotopic (exact) mass is 572 g/mol. The lowest BCUT2D eigenvalue weighted by molar-refractivity contribution is 0.0222. The van der Waals surface area contributed by atoms with Gasteiger partial charge in [0.2, 0.25) is 0 Å². The summed E-state index contributed by atoms with van der Waals surface area (Å²) in [5.74, 6) is 0. The quantitative estimate of drug-likeness (QED) is 0.240. The SMILES string of the molecule is CC(C)(C)OC(=O)N1CCn2cc(C=O)c3cccc(c32)C1.CC(C)(C)OC(=O)N1CCn2ccc3cccc(c32)C1. The molecule has 2 aliphatic heterocycles. The number of hydrogen-bond acceptors (Lipinski definition) is 5. The second-order valence-electron chi connectivity index (χ2n) is 12.9. The van der Waals surface area contributed by atoms with Gasteiger partial charge in [0, 0.05) is 49.5 Å². The van der Waals surface area contributed by atoms with Crippen LogP contribution in [0.1, 0.15) is 63.0 Å². The molecule has 4 aromatic rings. The van der Waals surface area contributed by atoms with Crippen LogP contribution in [0.3, 0.4) is 0 Å². The van der Waals surface area contributed by atoms with Crippen molar-refractivity contribution in [2.45, 2.75) is 78.9 Å². The van der Waals surface area contributed by atoms with E-state index >= 15 is 0 Å². The van der Waals surface area contributed by atoms with Crippen molar-refractivity contribution in [2.24, 2.45) is 0 Å². The van der Waals surface area contributed by atoms with Gasteiger partial charge in [0.25, 0.3) is 0 Å². The molecule has 0 spiro atoms. The predicted molar refractivity (Wildman–Crippen MR) is 163 cm³/mol. The number of nitrogens with zero attached hydrogens (tertiary/aromatic N) is 4. The molecule has 0 radical (unpaired) electrons. The second-order valence-corrected chi connectivity index (χ2v) is 12.9. The van der Waals surface area contributed by atoms with Crippen LogP contribution in [-0.4, -0.2) is 61.7 Å². The number of carbonyl (C=O) groups is 3. The molecule has 0 saturated heterocycles. The second kappa shape index (κ2) is 11.2. The highest BCUT2D eigenvalue weighted by atomic mass is 16.6. The zero-order valence-electron chi connectivity index (χ0n) is 25.3. The van der Waals surface area contributed by atoms with Gasteiger partial charge in [0.05, 0.1) is 24.1 Å². The number of carbonyl (C=O) groups excluding carboxylic acids is 3. The van der Waals surface area contributed by atoms with E-state index in [0.29, 0.717) is 38.3 Å². The lowest BCUT2D eigenvalue weighted by Crippen LogP contribution is -2.37. The number of hydrogen-bond donors (Lipinski definition) is 0. The van der Waals surface area contributed by atoms with Gasteiger partial charge in [0.1, 0.15) is 11.2 Å². The highest BCUT2D eigenvalue weighted by Crippen LogP contribution is 2.28. The molecule has 2 amide bonds. The maximum atomic E-state index is 12.3. The van der Waals surface area contributed by atoms with Gasteiger partial charge in [-0.15, -0.1) is 0 Å². The highest BCUT2D eigenvalue weighted by Gasteiger charge is 2.27. The van der Waals surface area contributed by atoms with E-state index in [0.717, 1.165) is 29.3 Å². The normalized spacial score (nSPS) is 15.0. The van der Waals surface area contributed by atoms with E-state index in [-0.39, 0.29) is 12.2 Å². The Bertz CT molecular complexity index is 1640. The molecule has 222 valence electrons. The molecule has 0 N–H and O–H groups in total. The number of amides is 2. The fraction of sp³-hybridized carbons (Fsp3) is 0.424. The standard InChI is InChI=1S/C17H20N2O3.C16H20N2O2/c1-17(2,3)22-16(21)19-8-7-18-10-13(11-20)14-6-4-5-12(9-19)15(14)18;1-16(2,3)20-15(19)18-10-9-17-8-7-12-5-4-6-13(11-18)14(12)17/h4-6,10-11H,7-9H2,1-3H3;4-8H,9-11H2,1-3H3. The van der Waals surface area contributed by atoms with Crippen molar-refractivity contribution in [1.82, 2.24) is 18.9 Å². The van der Waals surface area contributed by atoms with Gasteiger partial charge >= 0.3 is 12.2 Å². The summed E-state index contributed by atoms with van der Waals surface area (Å²) in [7, 11) is 0. The molecule has 9 nitrogen and oxygen atoms in total. The smallest absolute Gasteiger partial charge is 0.410 e. The van der Waals surface area contributed by atoms with E-state index in [2.05, 4.69) is 33.5 Å². The minimum atomic E-state index is -0.505. The number of para-hydroxylation sites is 2. The first kappa shape index (κ1) is 29.2. The first-order valence-corrected chi connectivity index (χ1v) is 14.4. The summed E-state index contributed by atoms with van der Waals surface area (Å²) in [6.07, 6.45) is 4.30. The largest absolute Gasteiger partial charge is 0.444 e. The van der Waals surface area contributed by atoms with Gasteiger partial charge < -0.3 is 28.4 Å². The Balaban J connectivity index is 0.000000169. The molecule has 2 aromatic carbocycles. The van der Waals surface area contributed by atoms with Crippen molar-refractivity contribution < 1.29 is 23.9 Å². The highest BCUT2D eigenvalue weighted by molar-refractivity contribution is 5.99. The van der Waals surface area contributed by atoms with Crippen molar-refractivity contribution in [3.63, 3.8) is 0 Å². The van der Waals surface area contributed by atoms with E-state index in [1.54, 1.807) is 9.80 Å². The number of ether oxygens (including phenoxy) is 2. The van der Waals surface area contributed by atoms with Crippen molar-refractivity contribution in [3.05, 3.63) is 71.5 Å². The third kappa shape index (κ3) is 6.30. The van der Waals surface area contributed by atoms with E-state index in [1.165, 1.54) is 16.5 Å². The maximum absolute atomic E-state index is 12.3. The van der Waals surface area contributed by atoms with E-state index < -0.39 is 11.2 Å². The molecule has 0 aliphatic carbocycles. The number of rotatable bonds is 1. The van der Waals surface area contributed by atoms with E-state index in [4.69, 9.17) is 9.47 Å². The van der Waals surface area contributed by atoms with Crippen LogP contribution in [0.5, 0.6) is 0 Å². The van der Waals surface area contributed by atoms with E-state index in [9.17, 15) is 14.4 Å². The number of aldehydes is 1. The zero-order valence-corrected chi connectivity index (χ0v) is 25.3. The Kier molecular flexibility index (Phi) is 7.79. The number of benzene rings is 2. The van der Waals surface area contributed by atoms with E-state index in [1.807, 2.05) is 72.0 Å². The minimum Gasteiger partial charge on any atom is -0.444 e. The summed E-state index contributed by atoms with van der Waals surface area (Å²) in [6.45, 7) is 15.1. The molecular formula is C33H40N4O5. The third-order valence-electron chi connectivity index (χ3n) is 7.26. The van der Waals surface area contributed by atoms with Crippen molar-refractivity contribution in [3.8, 4) is 0 Å². The summed E-state index contributed by atoms with van der Waals surface area (Å²) >= 11 is 0. The van der Waals surface area contributed by atoms with Gasteiger partial charge in [-0.1, -0.05) is 36.4 Å². The Morgan fingerprint density at radius 1 is 0.714 bits per heavy atom. The van der Waals surface area contributed by atoms with Crippen LogP contribution < -0.4 is 0 Å². The molecule has 4 heterocycles. The van der Waals surface area contributed by atoms with Gasteiger partial charge in [-0.25, -0.2) is 9.59 Å². The van der Waals surface area contributed by atoms with Crippen LogP contribution in [-0.2, 0) is 35.7 Å². The molecule has 6 rings (SSSR count). The number of aromatic nitrogens is 2.